The van der Waals surface area contributed by atoms with Crippen molar-refractivity contribution in [1.82, 2.24) is 15.2 Å². The normalized spacial score (nSPS) is 16.5. The molecule has 0 spiro atoms. The van der Waals surface area contributed by atoms with Gasteiger partial charge in [-0.1, -0.05) is 0 Å². The van der Waals surface area contributed by atoms with Crippen LogP contribution in [-0.2, 0) is 11.3 Å². The van der Waals surface area contributed by atoms with Crippen molar-refractivity contribution in [3.05, 3.63) is 23.9 Å². The summed E-state index contributed by atoms with van der Waals surface area (Å²) in [4.78, 5) is 10.2. The summed E-state index contributed by atoms with van der Waals surface area (Å²) in [5.41, 5.74) is 6.47. The van der Waals surface area contributed by atoms with Crippen molar-refractivity contribution in [3.8, 4) is 5.88 Å². The minimum absolute atomic E-state index is 0.0907. The predicted molar refractivity (Wildman–Crippen MR) is 91.0 cm³/mol. The van der Waals surface area contributed by atoms with Crippen LogP contribution in [0.2, 0.25) is 0 Å². The van der Waals surface area contributed by atoms with Crippen molar-refractivity contribution >= 4 is 5.96 Å². The van der Waals surface area contributed by atoms with Crippen LogP contribution in [-0.4, -0.2) is 68.0 Å². The maximum atomic E-state index is 12.2. The molecule has 1 aromatic heterocycles. The number of aromatic nitrogens is 1. The molecule has 1 fully saturated rings. The summed E-state index contributed by atoms with van der Waals surface area (Å²) >= 11 is 0. The molecule has 1 aliphatic rings. The lowest BCUT2D eigenvalue weighted by Gasteiger charge is -2.26. The molecule has 1 aliphatic heterocycles. The van der Waals surface area contributed by atoms with E-state index in [4.69, 9.17) is 10.5 Å². The molecule has 1 aromatic rings. The maximum absolute atomic E-state index is 12.2. The highest BCUT2D eigenvalue weighted by atomic mass is 19.4. The number of nitrogens with one attached hydrogen (secondary N) is 1. The highest BCUT2D eigenvalue weighted by Gasteiger charge is 2.28. The Labute approximate surface area is 150 Å². The second-order valence-corrected chi connectivity index (χ2v) is 5.84. The van der Waals surface area contributed by atoms with Crippen molar-refractivity contribution in [2.24, 2.45) is 10.7 Å². The first-order valence-electron chi connectivity index (χ1n) is 8.41. The van der Waals surface area contributed by atoms with Gasteiger partial charge in [-0.3, -0.25) is 4.90 Å². The number of pyridine rings is 1. The van der Waals surface area contributed by atoms with Crippen LogP contribution in [0, 0.1) is 0 Å². The van der Waals surface area contributed by atoms with Crippen molar-refractivity contribution in [2.75, 3.05) is 46.0 Å². The molecule has 0 aromatic carbocycles. The molecule has 146 valence electrons. The number of alkyl halides is 3. The fourth-order valence-corrected chi connectivity index (χ4v) is 2.36. The molecule has 0 amide bonds. The number of nitrogens with zero attached hydrogens (tertiary/aromatic N) is 3. The fraction of sp³-hybridized carbons (Fsp3) is 0.625. The first-order chi connectivity index (χ1) is 12.4. The van der Waals surface area contributed by atoms with Gasteiger partial charge in [0.25, 0.3) is 0 Å². The Hall–Kier alpha value is -2.07. The molecule has 0 bridgehead atoms. The molecule has 7 nitrogen and oxygen atoms in total. The summed E-state index contributed by atoms with van der Waals surface area (Å²) in [6.45, 7) is 3.97. The highest BCUT2D eigenvalue weighted by molar-refractivity contribution is 5.77. The lowest BCUT2D eigenvalue weighted by Crippen LogP contribution is -2.39. The van der Waals surface area contributed by atoms with Gasteiger partial charge in [0.15, 0.2) is 12.6 Å². The monoisotopic (exact) mass is 375 g/mol. The van der Waals surface area contributed by atoms with E-state index in [1.807, 2.05) is 0 Å². The van der Waals surface area contributed by atoms with Crippen LogP contribution >= 0.6 is 0 Å². The minimum atomic E-state index is -4.40. The smallest absolute Gasteiger partial charge is 0.422 e. The van der Waals surface area contributed by atoms with E-state index >= 15 is 0 Å². The van der Waals surface area contributed by atoms with E-state index in [1.165, 1.54) is 12.3 Å². The van der Waals surface area contributed by atoms with Gasteiger partial charge in [0, 0.05) is 31.9 Å². The third-order valence-electron chi connectivity index (χ3n) is 3.68. The van der Waals surface area contributed by atoms with Gasteiger partial charge in [0.1, 0.15) is 0 Å². The third-order valence-corrected chi connectivity index (χ3v) is 3.68. The van der Waals surface area contributed by atoms with E-state index in [0.717, 1.165) is 39.3 Å². The van der Waals surface area contributed by atoms with E-state index in [2.05, 4.69) is 24.9 Å². The van der Waals surface area contributed by atoms with Crippen molar-refractivity contribution in [3.63, 3.8) is 0 Å². The van der Waals surface area contributed by atoms with Crippen LogP contribution < -0.4 is 15.8 Å². The summed E-state index contributed by atoms with van der Waals surface area (Å²) in [6.07, 6.45) is -2.09. The fourth-order valence-electron chi connectivity index (χ4n) is 2.36. The number of guanidine groups is 1. The van der Waals surface area contributed by atoms with Gasteiger partial charge in [-0.05, 0) is 24.6 Å². The Kier molecular flexibility index (Phi) is 7.92. The van der Waals surface area contributed by atoms with Crippen LogP contribution in [0.1, 0.15) is 12.0 Å². The van der Waals surface area contributed by atoms with Gasteiger partial charge >= 0.3 is 6.18 Å². The first-order valence-corrected chi connectivity index (χ1v) is 8.41. The van der Waals surface area contributed by atoms with Crippen LogP contribution in [0.25, 0.3) is 0 Å². The molecule has 2 rings (SSSR count). The van der Waals surface area contributed by atoms with Crippen molar-refractivity contribution in [2.45, 2.75) is 19.1 Å². The predicted octanol–water partition coefficient (Wildman–Crippen LogP) is 1.15. The number of ether oxygens (including phenoxy) is 2. The van der Waals surface area contributed by atoms with Gasteiger partial charge in [-0.15, -0.1) is 0 Å². The summed E-state index contributed by atoms with van der Waals surface area (Å²) in [5.74, 6) is 0.202. The molecule has 0 unspecified atom stereocenters. The maximum Gasteiger partial charge on any atom is 0.422 e. The Bertz CT molecular complexity index is 577. The average Bonchev–Trinajstić information content (AvgIpc) is 2.62. The quantitative estimate of drug-likeness (QED) is 0.403. The summed E-state index contributed by atoms with van der Waals surface area (Å²) in [6, 6.07) is 3.07. The molecule has 10 heteroatoms. The van der Waals surface area contributed by atoms with E-state index in [1.54, 1.807) is 6.07 Å². The molecule has 26 heavy (non-hydrogen) atoms. The SMILES string of the molecule is NC(=NCc1ccnc(OCC(F)(F)F)c1)NCCCN1CCOCC1. The van der Waals surface area contributed by atoms with Crippen LogP contribution in [0.5, 0.6) is 5.88 Å². The molecule has 0 atom stereocenters. The third kappa shape index (κ3) is 8.34. The second kappa shape index (κ2) is 10.2. The standard InChI is InChI=1S/C16H24F3N5O2/c17-16(18,19)12-26-14-10-13(2-4-21-14)11-23-15(20)22-3-1-5-24-6-8-25-9-7-24/h2,4,10H,1,3,5-9,11-12H2,(H3,20,22,23). The lowest BCUT2D eigenvalue weighted by atomic mass is 10.3. The number of aliphatic imine (C=N–C) groups is 1. The van der Waals surface area contributed by atoms with Crippen molar-refractivity contribution < 1.29 is 22.6 Å². The van der Waals surface area contributed by atoms with Crippen molar-refractivity contribution in [1.29, 1.82) is 0 Å². The van der Waals surface area contributed by atoms with Gasteiger partial charge in [0.05, 0.1) is 19.8 Å². The molecular formula is C16H24F3N5O2. The molecule has 0 saturated carbocycles. The van der Waals surface area contributed by atoms with Gasteiger partial charge < -0.3 is 20.5 Å². The zero-order valence-corrected chi connectivity index (χ0v) is 14.5. The molecule has 3 N–H and O–H groups in total. The van der Waals surface area contributed by atoms with Gasteiger partial charge in [-0.2, -0.15) is 13.2 Å². The van der Waals surface area contributed by atoms with E-state index < -0.39 is 12.8 Å². The molecular weight excluding hydrogens is 351 g/mol. The largest absolute Gasteiger partial charge is 0.468 e. The van der Waals surface area contributed by atoms with Crippen LogP contribution in [0.3, 0.4) is 0 Å². The number of hydrogen-bond donors (Lipinski definition) is 2. The second-order valence-electron chi connectivity index (χ2n) is 5.84. The summed E-state index contributed by atoms with van der Waals surface area (Å²) < 4.78 is 46.4. The molecule has 0 radical (unpaired) electrons. The van der Waals surface area contributed by atoms with E-state index in [0.29, 0.717) is 18.1 Å². The molecule has 1 saturated heterocycles. The highest BCUT2D eigenvalue weighted by Crippen LogP contribution is 2.17. The zero-order valence-electron chi connectivity index (χ0n) is 14.5. The van der Waals surface area contributed by atoms with E-state index in [9.17, 15) is 13.2 Å². The number of morpholine rings is 1. The van der Waals surface area contributed by atoms with Crippen LogP contribution in [0.4, 0.5) is 13.2 Å². The number of nitrogens with two attached hydrogens (primary N) is 1. The zero-order chi connectivity index (χ0) is 18.8. The first kappa shape index (κ1) is 20.2. The Morgan fingerprint density at radius 1 is 1.38 bits per heavy atom. The number of halogens is 3. The summed E-state index contributed by atoms with van der Waals surface area (Å²) in [7, 11) is 0. The Balaban J connectivity index is 1.68. The minimum Gasteiger partial charge on any atom is -0.468 e. The van der Waals surface area contributed by atoms with E-state index in [-0.39, 0.29) is 12.4 Å². The Morgan fingerprint density at radius 2 is 2.15 bits per heavy atom. The number of hydrogen-bond acceptors (Lipinski definition) is 5. The molecule has 2 heterocycles. The Morgan fingerprint density at radius 3 is 2.88 bits per heavy atom. The van der Waals surface area contributed by atoms with Gasteiger partial charge in [-0.25, -0.2) is 9.98 Å². The van der Waals surface area contributed by atoms with Crippen LogP contribution in [0.15, 0.2) is 23.3 Å². The topological polar surface area (TPSA) is 85.0 Å². The lowest BCUT2D eigenvalue weighted by molar-refractivity contribution is -0.154. The number of rotatable bonds is 8. The molecule has 0 aliphatic carbocycles. The summed E-state index contributed by atoms with van der Waals surface area (Å²) in [5, 5.41) is 3.03. The average molecular weight is 375 g/mol. The van der Waals surface area contributed by atoms with Gasteiger partial charge in [0.2, 0.25) is 5.88 Å².